The lowest BCUT2D eigenvalue weighted by Gasteiger charge is -2.05. The normalized spacial score (nSPS) is 15.2. The van der Waals surface area contributed by atoms with Gasteiger partial charge in [-0.1, -0.05) is 0 Å². The predicted molar refractivity (Wildman–Crippen MR) is 52.3 cm³/mol. The van der Waals surface area contributed by atoms with Gasteiger partial charge in [-0.25, -0.2) is 4.98 Å². The molecule has 1 aliphatic rings. The average molecular weight is 193 g/mol. The molecule has 1 aromatic heterocycles. The zero-order chi connectivity index (χ0) is 10.1. The fraction of sp³-hybridized carbons (Fsp3) is 0.444. The van der Waals surface area contributed by atoms with Gasteiger partial charge in [0.05, 0.1) is 4.92 Å². The number of anilines is 1. The van der Waals surface area contributed by atoms with E-state index in [9.17, 15) is 10.1 Å². The summed E-state index contributed by atoms with van der Waals surface area (Å²) in [6, 6.07) is 2.03. The van der Waals surface area contributed by atoms with E-state index in [0.717, 1.165) is 12.8 Å². The number of aryl methyl sites for hydroxylation is 1. The van der Waals surface area contributed by atoms with Crippen LogP contribution >= 0.6 is 0 Å². The first-order chi connectivity index (χ1) is 6.68. The molecule has 0 aliphatic heterocycles. The summed E-state index contributed by atoms with van der Waals surface area (Å²) in [7, 11) is 0. The molecule has 2 rings (SSSR count). The van der Waals surface area contributed by atoms with E-state index < -0.39 is 0 Å². The van der Waals surface area contributed by atoms with Crippen molar-refractivity contribution in [1.82, 2.24) is 4.98 Å². The highest BCUT2D eigenvalue weighted by atomic mass is 16.6. The third-order valence-electron chi connectivity index (χ3n) is 2.23. The van der Waals surface area contributed by atoms with Gasteiger partial charge in [0.1, 0.15) is 0 Å². The Morgan fingerprint density at radius 3 is 2.93 bits per heavy atom. The first kappa shape index (κ1) is 8.93. The highest BCUT2D eigenvalue weighted by Gasteiger charge is 2.26. The molecule has 1 N–H and O–H groups in total. The molecule has 1 fully saturated rings. The lowest BCUT2D eigenvalue weighted by molar-refractivity contribution is -0.384. The SMILES string of the molecule is Cc1ccnc(NC2CC2)c1[N+](=O)[O-]. The molecule has 0 atom stereocenters. The third-order valence-corrected chi connectivity index (χ3v) is 2.23. The average Bonchev–Trinajstić information content (AvgIpc) is 2.87. The minimum atomic E-state index is -0.382. The molecular weight excluding hydrogens is 182 g/mol. The molecule has 1 aromatic rings. The zero-order valence-corrected chi connectivity index (χ0v) is 7.86. The molecule has 0 saturated heterocycles. The second-order valence-electron chi connectivity index (χ2n) is 3.50. The molecule has 1 saturated carbocycles. The summed E-state index contributed by atoms with van der Waals surface area (Å²) in [5.41, 5.74) is 0.743. The Hall–Kier alpha value is -1.65. The number of aromatic nitrogens is 1. The smallest absolute Gasteiger partial charge is 0.314 e. The lowest BCUT2D eigenvalue weighted by Crippen LogP contribution is -2.07. The van der Waals surface area contributed by atoms with E-state index >= 15 is 0 Å². The number of nitro groups is 1. The van der Waals surface area contributed by atoms with Gasteiger partial charge in [0.15, 0.2) is 0 Å². The van der Waals surface area contributed by atoms with Gasteiger partial charge >= 0.3 is 5.69 Å². The van der Waals surface area contributed by atoms with Crippen LogP contribution < -0.4 is 5.32 Å². The summed E-state index contributed by atoms with van der Waals surface area (Å²) in [6.07, 6.45) is 3.74. The highest BCUT2D eigenvalue weighted by Crippen LogP contribution is 2.30. The molecular formula is C9H11N3O2. The molecule has 5 nitrogen and oxygen atoms in total. The van der Waals surface area contributed by atoms with Crippen molar-refractivity contribution < 1.29 is 4.92 Å². The van der Waals surface area contributed by atoms with Gasteiger partial charge in [-0.3, -0.25) is 10.1 Å². The van der Waals surface area contributed by atoms with Crippen LogP contribution in [-0.2, 0) is 0 Å². The standard InChI is InChI=1S/C9H11N3O2/c1-6-4-5-10-9(8(6)12(13)14)11-7-2-3-7/h4-5,7H,2-3H2,1H3,(H,10,11). The molecule has 0 radical (unpaired) electrons. The van der Waals surface area contributed by atoms with Crippen molar-refractivity contribution in [2.75, 3.05) is 5.32 Å². The van der Waals surface area contributed by atoms with Crippen molar-refractivity contribution >= 4 is 11.5 Å². The highest BCUT2D eigenvalue weighted by molar-refractivity contribution is 5.60. The Labute approximate surface area is 81.3 Å². The summed E-state index contributed by atoms with van der Waals surface area (Å²) in [4.78, 5) is 14.4. The Bertz CT molecular complexity index is 374. The minimum Gasteiger partial charge on any atom is -0.362 e. The molecule has 0 amide bonds. The summed E-state index contributed by atoms with van der Waals surface area (Å²) >= 11 is 0. The van der Waals surface area contributed by atoms with E-state index in [2.05, 4.69) is 10.3 Å². The molecule has 0 spiro atoms. The van der Waals surface area contributed by atoms with Gasteiger partial charge in [0, 0.05) is 17.8 Å². The maximum atomic E-state index is 10.8. The van der Waals surface area contributed by atoms with Crippen molar-refractivity contribution in [2.24, 2.45) is 0 Å². The molecule has 5 heteroatoms. The minimum absolute atomic E-state index is 0.0967. The fourth-order valence-corrected chi connectivity index (χ4v) is 1.31. The fourth-order valence-electron chi connectivity index (χ4n) is 1.31. The molecule has 74 valence electrons. The van der Waals surface area contributed by atoms with E-state index in [-0.39, 0.29) is 10.6 Å². The monoisotopic (exact) mass is 193 g/mol. The van der Waals surface area contributed by atoms with Crippen LogP contribution in [0.3, 0.4) is 0 Å². The first-order valence-electron chi connectivity index (χ1n) is 4.55. The topological polar surface area (TPSA) is 68.1 Å². The molecule has 0 bridgehead atoms. The van der Waals surface area contributed by atoms with Gasteiger partial charge in [-0.15, -0.1) is 0 Å². The lowest BCUT2D eigenvalue weighted by atomic mass is 10.2. The van der Waals surface area contributed by atoms with Crippen molar-refractivity contribution in [2.45, 2.75) is 25.8 Å². The second kappa shape index (κ2) is 3.25. The van der Waals surface area contributed by atoms with Crippen molar-refractivity contribution in [1.29, 1.82) is 0 Å². The van der Waals surface area contributed by atoms with Gasteiger partial charge in [0.2, 0.25) is 5.82 Å². The largest absolute Gasteiger partial charge is 0.362 e. The van der Waals surface area contributed by atoms with Crippen LogP contribution in [0.5, 0.6) is 0 Å². The Morgan fingerprint density at radius 1 is 1.64 bits per heavy atom. The number of nitrogens with one attached hydrogen (secondary N) is 1. The number of nitrogens with zero attached hydrogens (tertiary/aromatic N) is 2. The maximum absolute atomic E-state index is 10.8. The van der Waals surface area contributed by atoms with Gasteiger partial charge < -0.3 is 5.32 Å². The quantitative estimate of drug-likeness (QED) is 0.587. The van der Waals surface area contributed by atoms with Crippen molar-refractivity contribution in [3.05, 3.63) is 27.9 Å². The van der Waals surface area contributed by atoms with Crippen LogP contribution in [0, 0.1) is 17.0 Å². The van der Waals surface area contributed by atoms with Crippen LogP contribution in [0.1, 0.15) is 18.4 Å². The van der Waals surface area contributed by atoms with Gasteiger partial charge in [-0.2, -0.15) is 0 Å². The predicted octanol–water partition coefficient (Wildman–Crippen LogP) is 1.87. The van der Waals surface area contributed by atoms with E-state index in [4.69, 9.17) is 0 Å². The van der Waals surface area contributed by atoms with Crippen LogP contribution in [0.15, 0.2) is 12.3 Å². The first-order valence-corrected chi connectivity index (χ1v) is 4.55. The number of pyridine rings is 1. The van der Waals surface area contributed by atoms with Crippen LogP contribution in [-0.4, -0.2) is 15.9 Å². The molecule has 0 unspecified atom stereocenters. The van der Waals surface area contributed by atoms with Crippen LogP contribution in [0.4, 0.5) is 11.5 Å². The number of hydrogen-bond donors (Lipinski definition) is 1. The maximum Gasteiger partial charge on any atom is 0.314 e. The summed E-state index contributed by atoms with van der Waals surface area (Å²) in [5.74, 6) is 0.400. The van der Waals surface area contributed by atoms with Gasteiger partial charge in [0.25, 0.3) is 0 Å². The molecule has 0 aromatic carbocycles. The second-order valence-corrected chi connectivity index (χ2v) is 3.50. The molecule has 1 heterocycles. The van der Waals surface area contributed by atoms with Crippen LogP contribution in [0.25, 0.3) is 0 Å². The van der Waals surface area contributed by atoms with Gasteiger partial charge in [-0.05, 0) is 25.8 Å². The summed E-state index contributed by atoms with van der Waals surface area (Å²) < 4.78 is 0. The Morgan fingerprint density at radius 2 is 2.36 bits per heavy atom. The van der Waals surface area contributed by atoms with E-state index in [1.807, 2.05) is 0 Å². The van der Waals surface area contributed by atoms with E-state index in [1.165, 1.54) is 0 Å². The number of hydrogen-bond acceptors (Lipinski definition) is 4. The van der Waals surface area contributed by atoms with Crippen molar-refractivity contribution in [3.63, 3.8) is 0 Å². The third kappa shape index (κ3) is 1.66. The van der Waals surface area contributed by atoms with E-state index in [0.29, 0.717) is 17.4 Å². The Balaban J connectivity index is 2.35. The zero-order valence-electron chi connectivity index (χ0n) is 7.86. The van der Waals surface area contributed by atoms with E-state index in [1.54, 1.807) is 19.2 Å². The molecule has 14 heavy (non-hydrogen) atoms. The van der Waals surface area contributed by atoms with Crippen LogP contribution in [0.2, 0.25) is 0 Å². The molecule has 1 aliphatic carbocycles. The van der Waals surface area contributed by atoms with Crippen molar-refractivity contribution in [3.8, 4) is 0 Å². The number of rotatable bonds is 3. The summed E-state index contributed by atoms with van der Waals surface area (Å²) in [6.45, 7) is 1.72. The Kier molecular flexibility index (Phi) is 2.07. The summed E-state index contributed by atoms with van der Waals surface area (Å²) in [5, 5.41) is 13.8.